The molecule has 3 rings (SSSR count). The molecule has 0 bridgehead atoms. The van der Waals surface area contributed by atoms with Crippen molar-refractivity contribution < 1.29 is 14.9 Å². The number of aromatic hydroxyl groups is 1. The first-order chi connectivity index (χ1) is 9.64. The molecule has 2 aliphatic rings. The van der Waals surface area contributed by atoms with E-state index in [0.717, 1.165) is 37.8 Å². The molecule has 1 aromatic carbocycles. The second-order valence-corrected chi connectivity index (χ2v) is 6.07. The highest BCUT2D eigenvalue weighted by molar-refractivity contribution is 5.43. The largest absolute Gasteiger partial charge is 0.504 e. The molecule has 1 aliphatic carbocycles. The molecule has 1 aliphatic heterocycles. The van der Waals surface area contributed by atoms with E-state index < -0.39 is 5.60 Å². The van der Waals surface area contributed by atoms with Crippen LogP contribution in [-0.2, 0) is 0 Å². The van der Waals surface area contributed by atoms with E-state index in [2.05, 4.69) is 5.32 Å². The van der Waals surface area contributed by atoms with Crippen LogP contribution in [0.1, 0.15) is 43.7 Å². The lowest BCUT2D eigenvalue weighted by Crippen LogP contribution is -2.53. The normalized spacial score (nSPS) is 33.5. The number of aliphatic hydroxyl groups is 1. The van der Waals surface area contributed by atoms with Gasteiger partial charge < -0.3 is 20.3 Å². The zero-order valence-corrected chi connectivity index (χ0v) is 11.9. The lowest BCUT2D eigenvalue weighted by molar-refractivity contribution is -0.0861. The van der Waals surface area contributed by atoms with E-state index >= 15 is 0 Å². The molecule has 3 N–H and O–H groups in total. The van der Waals surface area contributed by atoms with Crippen molar-refractivity contribution in [1.29, 1.82) is 0 Å². The van der Waals surface area contributed by atoms with Gasteiger partial charge in [-0.1, -0.05) is 18.9 Å². The summed E-state index contributed by atoms with van der Waals surface area (Å²) in [6, 6.07) is 5.62. The van der Waals surface area contributed by atoms with Crippen LogP contribution < -0.4 is 10.1 Å². The molecule has 1 saturated heterocycles. The first-order valence-electron chi connectivity index (χ1n) is 7.47. The second kappa shape index (κ2) is 5.26. The quantitative estimate of drug-likeness (QED) is 0.776. The Labute approximate surface area is 119 Å². The number of benzene rings is 1. The van der Waals surface area contributed by atoms with Crippen LogP contribution in [0.5, 0.6) is 11.5 Å². The summed E-state index contributed by atoms with van der Waals surface area (Å²) >= 11 is 0. The molecule has 0 radical (unpaired) electrons. The Morgan fingerprint density at radius 2 is 2.15 bits per heavy atom. The lowest BCUT2D eigenvalue weighted by Gasteiger charge is -2.48. The monoisotopic (exact) mass is 277 g/mol. The summed E-state index contributed by atoms with van der Waals surface area (Å²) in [4.78, 5) is 0. The van der Waals surface area contributed by atoms with Crippen LogP contribution in [0.3, 0.4) is 0 Å². The summed E-state index contributed by atoms with van der Waals surface area (Å²) in [6.07, 6.45) is 5.10. The van der Waals surface area contributed by atoms with E-state index in [0.29, 0.717) is 5.75 Å². The van der Waals surface area contributed by atoms with Gasteiger partial charge in [-0.15, -0.1) is 0 Å². The molecule has 4 nitrogen and oxygen atoms in total. The van der Waals surface area contributed by atoms with E-state index in [1.165, 1.54) is 6.42 Å². The minimum Gasteiger partial charge on any atom is -0.504 e. The third-order valence-electron chi connectivity index (χ3n) is 4.95. The fourth-order valence-corrected chi connectivity index (χ4v) is 3.86. The number of ether oxygens (including phenoxy) is 1. The van der Waals surface area contributed by atoms with Gasteiger partial charge in [0, 0.05) is 12.0 Å². The Morgan fingerprint density at radius 1 is 1.30 bits per heavy atom. The van der Waals surface area contributed by atoms with Crippen LogP contribution in [0.15, 0.2) is 18.2 Å². The van der Waals surface area contributed by atoms with Gasteiger partial charge in [0.1, 0.15) is 0 Å². The molecule has 20 heavy (non-hydrogen) atoms. The van der Waals surface area contributed by atoms with E-state index in [4.69, 9.17) is 4.74 Å². The first kappa shape index (κ1) is 13.7. The van der Waals surface area contributed by atoms with Crippen molar-refractivity contribution in [1.82, 2.24) is 5.32 Å². The SMILES string of the molecule is COc1cc(C2NCCC3(O)CCCCC23)ccc1O. The molecule has 3 unspecified atom stereocenters. The maximum Gasteiger partial charge on any atom is 0.160 e. The van der Waals surface area contributed by atoms with Crippen molar-refractivity contribution >= 4 is 0 Å². The smallest absolute Gasteiger partial charge is 0.160 e. The fraction of sp³-hybridized carbons (Fsp3) is 0.625. The average Bonchev–Trinajstić information content (AvgIpc) is 2.46. The fourth-order valence-electron chi connectivity index (χ4n) is 3.86. The number of hydrogen-bond donors (Lipinski definition) is 3. The molecular weight excluding hydrogens is 254 g/mol. The van der Waals surface area contributed by atoms with Gasteiger partial charge in [0.05, 0.1) is 12.7 Å². The summed E-state index contributed by atoms with van der Waals surface area (Å²) in [5.74, 6) is 0.902. The predicted molar refractivity (Wildman–Crippen MR) is 76.9 cm³/mol. The molecule has 0 aromatic heterocycles. The Morgan fingerprint density at radius 3 is 2.95 bits per heavy atom. The van der Waals surface area contributed by atoms with Crippen molar-refractivity contribution in [3.05, 3.63) is 23.8 Å². The number of piperidine rings is 1. The van der Waals surface area contributed by atoms with Gasteiger partial charge in [-0.2, -0.15) is 0 Å². The maximum absolute atomic E-state index is 10.9. The summed E-state index contributed by atoms with van der Waals surface area (Å²) in [7, 11) is 1.56. The highest BCUT2D eigenvalue weighted by atomic mass is 16.5. The topological polar surface area (TPSA) is 61.7 Å². The van der Waals surface area contributed by atoms with Gasteiger partial charge in [-0.3, -0.25) is 0 Å². The number of phenolic OH excluding ortho intramolecular Hbond substituents is 1. The molecule has 110 valence electrons. The number of hydrogen-bond acceptors (Lipinski definition) is 4. The second-order valence-electron chi connectivity index (χ2n) is 6.07. The number of methoxy groups -OCH3 is 1. The summed E-state index contributed by atoms with van der Waals surface area (Å²) in [5.41, 5.74) is 0.559. The van der Waals surface area contributed by atoms with Gasteiger partial charge in [-0.25, -0.2) is 0 Å². The molecule has 4 heteroatoms. The first-order valence-corrected chi connectivity index (χ1v) is 7.47. The van der Waals surface area contributed by atoms with Crippen molar-refractivity contribution in [3.8, 4) is 11.5 Å². The molecule has 2 fully saturated rings. The minimum absolute atomic E-state index is 0.142. The molecule has 1 heterocycles. The number of nitrogens with one attached hydrogen (secondary N) is 1. The highest BCUT2D eigenvalue weighted by Crippen LogP contribution is 2.46. The van der Waals surface area contributed by atoms with Gasteiger partial charge in [0.15, 0.2) is 11.5 Å². The van der Waals surface area contributed by atoms with E-state index in [1.54, 1.807) is 13.2 Å². The van der Waals surface area contributed by atoms with E-state index in [9.17, 15) is 10.2 Å². The summed E-state index contributed by atoms with van der Waals surface area (Å²) in [5, 5.41) is 24.1. The van der Waals surface area contributed by atoms with Crippen LogP contribution in [0.25, 0.3) is 0 Å². The average molecular weight is 277 g/mol. The highest BCUT2D eigenvalue weighted by Gasteiger charge is 2.45. The van der Waals surface area contributed by atoms with Gasteiger partial charge in [0.2, 0.25) is 0 Å². The maximum atomic E-state index is 10.9. The Kier molecular flexibility index (Phi) is 3.61. The van der Waals surface area contributed by atoms with Gasteiger partial charge >= 0.3 is 0 Å². The van der Waals surface area contributed by atoms with E-state index in [1.807, 2.05) is 12.1 Å². The Bertz CT molecular complexity index is 487. The van der Waals surface area contributed by atoms with E-state index in [-0.39, 0.29) is 17.7 Å². The number of phenols is 1. The third kappa shape index (κ3) is 2.27. The van der Waals surface area contributed by atoms with Crippen LogP contribution in [0.2, 0.25) is 0 Å². The number of rotatable bonds is 2. The van der Waals surface area contributed by atoms with Crippen molar-refractivity contribution in [2.24, 2.45) is 5.92 Å². The molecule has 3 atom stereocenters. The molecule has 0 spiro atoms. The van der Waals surface area contributed by atoms with Crippen molar-refractivity contribution in [3.63, 3.8) is 0 Å². The standard InChI is InChI=1S/C16H23NO3/c1-20-14-10-11(5-6-13(14)18)15-12-4-2-3-7-16(12,19)8-9-17-15/h5-6,10,12,15,17-19H,2-4,7-9H2,1H3. The van der Waals surface area contributed by atoms with Crippen molar-refractivity contribution in [2.75, 3.05) is 13.7 Å². The molecule has 1 aromatic rings. The van der Waals surface area contributed by atoms with Crippen LogP contribution in [0, 0.1) is 5.92 Å². The van der Waals surface area contributed by atoms with Gasteiger partial charge in [-0.05, 0) is 43.5 Å². The third-order valence-corrected chi connectivity index (χ3v) is 4.95. The lowest BCUT2D eigenvalue weighted by atomic mass is 9.67. The van der Waals surface area contributed by atoms with Crippen molar-refractivity contribution in [2.45, 2.75) is 43.7 Å². The van der Waals surface area contributed by atoms with Crippen LogP contribution in [-0.4, -0.2) is 29.5 Å². The van der Waals surface area contributed by atoms with Crippen LogP contribution in [0.4, 0.5) is 0 Å². The Balaban J connectivity index is 1.92. The predicted octanol–water partition coefficient (Wildman–Crippen LogP) is 2.36. The minimum atomic E-state index is -0.528. The summed E-state index contributed by atoms with van der Waals surface area (Å²) < 4.78 is 5.20. The molecule has 0 amide bonds. The molecular formula is C16H23NO3. The number of fused-ring (bicyclic) bond motifs is 1. The van der Waals surface area contributed by atoms with Crippen LogP contribution >= 0.6 is 0 Å². The summed E-state index contributed by atoms with van der Waals surface area (Å²) in [6.45, 7) is 0.834. The Hall–Kier alpha value is -1.26. The zero-order valence-electron chi connectivity index (χ0n) is 11.9. The van der Waals surface area contributed by atoms with Gasteiger partial charge in [0.25, 0.3) is 0 Å². The molecule has 1 saturated carbocycles. The zero-order chi connectivity index (χ0) is 14.2.